The van der Waals surface area contributed by atoms with Gasteiger partial charge in [-0.3, -0.25) is 0 Å². The molecule has 0 bridgehead atoms. The van der Waals surface area contributed by atoms with Crippen molar-refractivity contribution in [2.24, 2.45) is 0 Å². The molecule has 0 aliphatic carbocycles. The van der Waals surface area contributed by atoms with E-state index >= 15 is 0 Å². The van der Waals surface area contributed by atoms with Crippen LogP contribution in [0.25, 0.3) is 10.9 Å². The molecule has 13 heavy (non-hydrogen) atoms. The zero-order valence-electron chi connectivity index (χ0n) is 7.26. The number of H-pyrrole nitrogens is 1. The standard InChI is InChI=1S/C10H10FNO/c1-6-9(11)3-2-8-7(5-13)4-12-10(6)8/h2-4,12-13H,5H2,1H3. The third kappa shape index (κ3) is 1.12. The van der Waals surface area contributed by atoms with Gasteiger partial charge in [-0.05, 0) is 19.1 Å². The van der Waals surface area contributed by atoms with Crippen molar-refractivity contribution in [1.29, 1.82) is 0 Å². The first-order valence-electron chi connectivity index (χ1n) is 4.10. The maximum atomic E-state index is 13.1. The number of aliphatic hydroxyl groups is 1. The monoisotopic (exact) mass is 179 g/mol. The summed E-state index contributed by atoms with van der Waals surface area (Å²) in [5.74, 6) is -0.223. The molecule has 2 nitrogen and oxygen atoms in total. The molecule has 68 valence electrons. The van der Waals surface area contributed by atoms with E-state index in [1.54, 1.807) is 19.2 Å². The third-order valence-electron chi connectivity index (χ3n) is 2.31. The molecule has 1 aromatic carbocycles. The Morgan fingerprint density at radius 1 is 1.46 bits per heavy atom. The summed E-state index contributed by atoms with van der Waals surface area (Å²) in [6.07, 6.45) is 1.71. The van der Waals surface area contributed by atoms with Gasteiger partial charge in [-0.2, -0.15) is 0 Å². The Labute approximate surface area is 75.0 Å². The summed E-state index contributed by atoms with van der Waals surface area (Å²) >= 11 is 0. The molecule has 0 radical (unpaired) electrons. The smallest absolute Gasteiger partial charge is 0.128 e. The zero-order chi connectivity index (χ0) is 9.42. The van der Waals surface area contributed by atoms with Gasteiger partial charge in [0.15, 0.2) is 0 Å². The summed E-state index contributed by atoms with van der Waals surface area (Å²) in [5, 5.41) is 9.86. The van der Waals surface area contributed by atoms with Gasteiger partial charge in [-0.1, -0.05) is 0 Å². The Morgan fingerprint density at radius 3 is 2.92 bits per heavy atom. The topological polar surface area (TPSA) is 36.0 Å². The molecule has 0 unspecified atom stereocenters. The van der Waals surface area contributed by atoms with E-state index in [2.05, 4.69) is 4.98 Å². The van der Waals surface area contributed by atoms with Crippen LogP contribution in [0.15, 0.2) is 18.3 Å². The van der Waals surface area contributed by atoms with Crippen LogP contribution >= 0.6 is 0 Å². The molecule has 1 heterocycles. The first kappa shape index (κ1) is 8.26. The Bertz CT molecular complexity index is 447. The van der Waals surface area contributed by atoms with Gasteiger partial charge in [-0.15, -0.1) is 0 Å². The van der Waals surface area contributed by atoms with E-state index in [1.807, 2.05) is 0 Å². The van der Waals surface area contributed by atoms with Crippen LogP contribution in [0.5, 0.6) is 0 Å². The fourth-order valence-corrected chi connectivity index (χ4v) is 1.51. The number of hydrogen-bond acceptors (Lipinski definition) is 1. The minimum absolute atomic E-state index is 0.0227. The van der Waals surface area contributed by atoms with Crippen LogP contribution in [0.4, 0.5) is 4.39 Å². The Morgan fingerprint density at radius 2 is 2.23 bits per heavy atom. The van der Waals surface area contributed by atoms with Crippen molar-refractivity contribution in [2.45, 2.75) is 13.5 Å². The molecule has 0 atom stereocenters. The molecular formula is C10H10FNO. The highest BCUT2D eigenvalue weighted by Crippen LogP contribution is 2.23. The van der Waals surface area contributed by atoms with Crippen molar-refractivity contribution in [2.75, 3.05) is 0 Å². The second-order valence-electron chi connectivity index (χ2n) is 3.07. The predicted molar refractivity (Wildman–Crippen MR) is 48.9 cm³/mol. The molecule has 3 heteroatoms. The van der Waals surface area contributed by atoms with E-state index < -0.39 is 0 Å². The fraction of sp³-hybridized carbons (Fsp3) is 0.200. The van der Waals surface area contributed by atoms with Crippen molar-refractivity contribution < 1.29 is 9.50 Å². The second kappa shape index (κ2) is 2.85. The van der Waals surface area contributed by atoms with E-state index in [-0.39, 0.29) is 12.4 Å². The van der Waals surface area contributed by atoms with E-state index in [1.165, 1.54) is 6.07 Å². The molecule has 2 rings (SSSR count). The highest BCUT2D eigenvalue weighted by Gasteiger charge is 2.07. The molecule has 2 N–H and O–H groups in total. The van der Waals surface area contributed by atoms with Crippen molar-refractivity contribution in [1.82, 2.24) is 4.98 Å². The number of rotatable bonds is 1. The largest absolute Gasteiger partial charge is 0.392 e. The van der Waals surface area contributed by atoms with Crippen molar-refractivity contribution in [3.63, 3.8) is 0 Å². The summed E-state index contributed by atoms with van der Waals surface area (Å²) in [4.78, 5) is 2.95. The van der Waals surface area contributed by atoms with Gasteiger partial charge in [0.05, 0.1) is 12.1 Å². The Hall–Kier alpha value is -1.35. The molecule has 0 saturated heterocycles. The van der Waals surface area contributed by atoms with Crippen LogP contribution in [0.1, 0.15) is 11.1 Å². The van der Waals surface area contributed by atoms with Crippen LogP contribution < -0.4 is 0 Å². The molecule has 0 saturated carbocycles. The predicted octanol–water partition coefficient (Wildman–Crippen LogP) is 2.11. The van der Waals surface area contributed by atoms with Gasteiger partial charge in [0.2, 0.25) is 0 Å². The second-order valence-corrected chi connectivity index (χ2v) is 3.07. The summed E-state index contributed by atoms with van der Waals surface area (Å²) in [6, 6.07) is 3.10. The normalized spacial score (nSPS) is 11.0. The maximum absolute atomic E-state index is 13.1. The zero-order valence-corrected chi connectivity index (χ0v) is 7.26. The van der Waals surface area contributed by atoms with Gasteiger partial charge in [0.1, 0.15) is 5.82 Å². The quantitative estimate of drug-likeness (QED) is 0.691. The van der Waals surface area contributed by atoms with Crippen molar-refractivity contribution >= 4 is 10.9 Å². The Kier molecular flexibility index (Phi) is 1.81. The van der Waals surface area contributed by atoms with Gasteiger partial charge < -0.3 is 10.1 Å². The number of hydrogen-bond donors (Lipinski definition) is 2. The molecule has 2 aromatic rings. The number of aromatic amines is 1. The maximum Gasteiger partial charge on any atom is 0.128 e. The lowest BCUT2D eigenvalue weighted by Crippen LogP contribution is -1.84. The number of benzene rings is 1. The van der Waals surface area contributed by atoms with Gasteiger partial charge >= 0.3 is 0 Å². The number of aromatic nitrogens is 1. The first-order chi connectivity index (χ1) is 6.24. The molecule has 1 aromatic heterocycles. The minimum Gasteiger partial charge on any atom is -0.392 e. The molecule has 0 amide bonds. The van der Waals surface area contributed by atoms with Gasteiger partial charge in [0.25, 0.3) is 0 Å². The summed E-state index contributed by atoms with van der Waals surface area (Å²) in [5.41, 5.74) is 2.17. The number of nitrogens with one attached hydrogen (secondary N) is 1. The average Bonchev–Trinajstić information content (AvgIpc) is 2.55. The highest BCUT2D eigenvalue weighted by atomic mass is 19.1. The number of aryl methyl sites for hydroxylation is 1. The molecule has 0 aliphatic rings. The van der Waals surface area contributed by atoms with E-state index in [0.29, 0.717) is 5.56 Å². The third-order valence-corrected chi connectivity index (χ3v) is 2.31. The van der Waals surface area contributed by atoms with Crippen LogP contribution in [-0.2, 0) is 6.61 Å². The van der Waals surface area contributed by atoms with Crippen LogP contribution in [-0.4, -0.2) is 10.1 Å². The lowest BCUT2D eigenvalue weighted by atomic mass is 10.1. The molecule has 0 fully saturated rings. The summed E-state index contributed by atoms with van der Waals surface area (Å²) < 4.78 is 13.1. The molecule has 0 aliphatic heterocycles. The van der Waals surface area contributed by atoms with Gasteiger partial charge in [-0.25, -0.2) is 4.39 Å². The highest BCUT2D eigenvalue weighted by molar-refractivity contribution is 5.85. The lowest BCUT2D eigenvalue weighted by Gasteiger charge is -1.98. The number of halogens is 1. The minimum atomic E-state index is -0.223. The molecular weight excluding hydrogens is 169 g/mol. The Balaban J connectivity index is 2.81. The molecule has 0 spiro atoms. The average molecular weight is 179 g/mol. The number of aliphatic hydroxyl groups excluding tert-OH is 1. The SMILES string of the molecule is Cc1c(F)ccc2c(CO)c[nH]c12. The summed E-state index contributed by atoms with van der Waals surface area (Å²) in [7, 11) is 0. The van der Waals surface area contributed by atoms with Crippen LogP contribution in [0, 0.1) is 12.7 Å². The number of fused-ring (bicyclic) bond motifs is 1. The lowest BCUT2D eigenvalue weighted by molar-refractivity contribution is 0.283. The van der Waals surface area contributed by atoms with E-state index in [4.69, 9.17) is 5.11 Å². The summed E-state index contributed by atoms with van der Waals surface area (Å²) in [6.45, 7) is 1.69. The van der Waals surface area contributed by atoms with Crippen LogP contribution in [0.2, 0.25) is 0 Å². The van der Waals surface area contributed by atoms with E-state index in [9.17, 15) is 4.39 Å². The van der Waals surface area contributed by atoms with Crippen LogP contribution in [0.3, 0.4) is 0 Å². The van der Waals surface area contributed by atoms with Crippen molar-refractivity contribution in [3.05, 3.63) is 35.3 Å². The van der Waals surface area contributed by atoms with Gasteiger partial charge in [0, 0.05) is 22.7 Å². The van der Waals surface area contributed by atoms with E-state index in [0.717, 1.165) is 16.5 Å². The van der Waals surface area contributed by atoms with Crippen molar-refractivity contribution in [3.8, 4) is 0 Å². The first-order valence-corrected chi connectivity index (χ1v) is 4.10. The fourth-order valence-electron chi connectivity index (χ4n) is 1.51.